The van der Waals surface area contributed by atoms with Gasteiger partial charge in [-0.3, -0.25) is 4.79 Å². The normalized spacial score (nSPS) is 12.8. The lowest BCUT2D eigenvalue weighted by Crippen LogP contribution is -2.29. The van der Waals surface area contributed by atoms with Crippen LogP contribution in [0.15, 0.2) is 11.6 Å². The van der Waals surface area contributed by atoms with Crippen molar-refractivity contribution in [2.45, 2.75) is 97.5 Å². The van der Waals surface area contributed by atoms with Gasteiger partial charge in [-0.05, 0) is 32.6 Å². The number of ketones is 1. The molecule has 0 aromatic rings. The smallest absolute Gasteiger partial charge is 0.136 e. The first kappa shape index (κ1) is 19.4. The fraction of sp³-hybridized carbons (Fsp3) is 0.833. The van der Waals surface area contributed by atoms with Crippen LogP contribution in [0.5, 0.6) is 0 Å². The van der Waals surface area contributed by atoms with Gasteiger partial charge in [0.15, 0.2) is 0 Å². The van der Waals surface area contributed by atoms with Gasteiger partial charge >= 0.3 is 0 Å². The lowest BCUT2D eigenvalue weighted by atomic mass is 9.85. The molecular weight excluding hydrogens is 248 g/mol. The van der Waals surface area contributed by atoms with E-state index in [9.17, 15) is 9.90 Å². The number of allylic oxidation sites excluding steroid dienone is 1. The zero-order chi connectivity index (χ0) is 15.4. The van der Waals surface area contributed by atoms with Crippen LogP contribution in [0.2, 0.25) is 0 Å². The van der Waals surface area contributed by atoms with Gasteiger partial charge in [0.25, 0.3) is 0 Å². The Morgan fingerprint density at radius 2 is 1.60 bits per heavy atom. The first-order valence-electron chi connectivity index (χ1n) is 8.37. The monoisotopic (exact) mass is 282 g/mol. The molecule has 0 radical (unpaired) electrons. The largest absolute Gasteiger partial charge is 0.390 e. The molecule has 0 bridgehead atoms. The highest BCUT2D eigenvalue weighted by atomic mass is 16.3. The molecule has 0 saturated carbocycles. The van der Waals surface area contributed by atoms with Crippen LogP contribution < -0.4 is 0 Å². The average Bonchev–Trinajstić information content (AvgIpc) is 2.41. The first-order valence-corrected chi connectivity index (χ1v) is 8.37. The van der Waals surface area contributed by atoms with Crippen LogP contribution in [-0.2, 0) is 4.79 Å². The Morgan fingerprint density at radius 3 is 2.05 bits per heavy atom. The molecule has 0 atom stereocenters. The summed E-state index contributed by atoms with van der Waals surface area (Å²) in [6, 6.07) is 0. The maximum absolute atomic E-state index is 11.6. The van der Waals surface area contributed by atoms with E-state index in [0.29, 0.717) is 25.0 Å². The lowest BCUT2D eigenvalue weighted by Gasteiger charge is -2.28. The van der Waals surface area contributed by atoms with E-state index in [1.165, 1.54) is 0 Å². The predicted octanol–water partition coefficient (Wildman–Crippen LogP) is 5.19. The third-order valence-electron chi connectivity index (χ3n) is 3.81. The molecule has 0 aliphatic heterocycles. The van der Waals surface area contributed by atoms with Gasteiger partial charge in [0.2, 0.25) is 0 Å². The Bertz CT molecular complexity index is 284. The summed E-state index contributed by atoms with van der Waals surface area (Å²) in [4.78, 5) is 11.6. The number of hydrogen-bond acceptors (Lipinski definition) is 2. The van der Waals surface area contributed by atoms with Crippen LogP contribution in [0.3, 0.4) is 0 Å². The van der Waals surface area contributed by atoms with Crippen molar-refractivity contribution in [3.8, 4) is 0 Å². The van der Waals surface area contributed by atoms with Gasteiger partial charge in [-0.1, -0.05) is 58.1 Å². The highest BCUT2D eigenvalue weighted by Crippen LogP contribution is 2.28. The Balaban J connectivity index is 4.45. The highest BCUT2D eigenvalue weighted by Gasteiger charge is 2.25. The summed E-state index contributed by atoms with van der Waals surface area (Å²) in [5, 5.41) is 10.8. The molecule has 2 nitrogen and oxygen atoms in total. The van der Waals surface area contributed by atoms with Crippen LogP contribution in [0.25, 0.3) is 0 Å². The lowest BCUT2D eigenvalue weighted by molar-refractivity contribution is -0.118. The Kier molecular flexibility index (Phi) is 10.7. The van der Waals surface area contributed by atoms with E-state index in [1.807, 2.05) is 19.9 Å². The maximum Gasteiger partial charge on any atom is 0.136 e. The van der Waals surface area contributed by atoms with E-state index < -0.39 is 5.60 Å². The summed E-state index contributed by atoms with van der Waals surface area (Å²) >= 11 is 0. The molecule has 0 aromatic heterocycles. The fourth-order valence-electron chi connectivity index (χ4n) is 2.57. The quantitative estimate of drug-likeness (QED) is 0.500. The van der Waals surface area contributed by atoms with Crippen molar-refractivity contribution >= 4 is 5.78 Å². The SMILES string of the molecule is CCCCC(O)(CCCC)CC(C)=CCC(=O)CCC. The second-order valence-electron chi connectivity index (χ2n) is 6.15. The van der Waals surface area contributed by atoms with Crippen LogP contribution in [0.1, 0.15) is 91.9 Å². The van der Waals surface area contributed by atoms with Crippen LogP contribution in [0, 0.1) is 0 Å². The maximum atomic E-state index is 11.6. The van der Waals surface area contributed by atoms with E-state index in [-0.39, 0.29) is 0 Å². The molecule has 0 heterocycles. The Labute approximate surface area is 125 Å². The molecule has 0 amide bonds. The highest BCUT2D eigenvalue weighted by molar-refractivity contribution is 5.79. The van der Waals surface area contributed by atoms with Crippen molar-refractivity contribution in [2.75, 3.05) is 0 Å². The third-order valence-corrected chi connectivity index (χ3v) is 3.81. The van der Waals surface area contributed by atoms with Crippen molar-refractivity contribution in [1.29, 1.82) is 0 Å². The summed E-state index contributed by atoms with van der Waals surface area (Å²) in [6.07, 6.45) is 11.0. The zero-order valence-corrected chi connectivity index (χ0v) is 14.0. The number of unbranched alkanes of at least 4 members (excludes halogenated alkanes) is 2. The van der Waals surface area contributed by atoms with E-state index in [1.54, 1.807) is 0 Å². The van der Waals surface area contributed by atoms with Crippen LogP contribution >= 0.6 is 0 Å². The van der Waals surface area contributed by atoms with E-state index in [4.69, 9.17) is 0 Å². The van der Waals surface area contributed by atoms with Gasteiger partial charge in [0, 0.05) is 12.8 Å². The minimum absolute atomic E-state index is 0.303. The van der Waals surface area contributed by atoms with Crippen LogP contribution in [0.4, 0.5) is 0 Å². The molecule has 0 aliphatic rings. The summed E-state index contributed by atoms with van der Waals surface area (Å²) in [6.45, 7) is 8.39. The second kappa shape index (κ2) is 11.1. The molecule has 0 spiro atoms. The molecule has 118 valence electrons. The van der Waals surface area contributed by atoms with Gasteiger partial charge < -0.3 is 5.11 Å². The molecule has 0 saturated heterocycles. The van der Waals surface area contributed by atoms with E-state index >= 15 is 0 Å². The summed E-state index contributed by atoms with van der Waals surface area (Å²) in [5.41, 5.74) is 0.588. The molecule has 20 heavy (non-hydrogen) atoms. The molecule has 0 rings (SSSR count). The third kappa shape index (κ3) is 9.30. The van der Waals surface area contributed by atoms with Gasteiger partial charge in [0.05, 0.1) is 5.60 Å². The van der Waals surface area contributed by atoms with Gasteiger partial charge in [0.1, 0.15) is 5.78 Å². The standard InChI is InChI=1S/C18H34O2/c1-5-8-13-18(20,14-9-6-2)15-16(4)11-12-17(19)10-7-3/h11,20H,5-10,12-15H2,1-4H3. The average molecular weight is 282 g/mol. The molecule has 2 heteroatoms. The van der Waals surface area contributed by atoms with Crippen molar-refractivity contribution in [1.82, 2.24) is 0 Å². The zero-order valence-electron chi connectivity index (χ0n) is 14.0. The number of rotatable bonds is 12. The van der Waals surface area contributed by atoms with Crippen molar-refractivity contribution < 1.29 is 9.90 Å². The Hall–Kier alpha value is -0.630. The number of carbonyl (C=O) groups excluding carboxylic acids is 1. The molecular formula is C18H34O2. The van der Waals surface area contributed by atoms with E-state index in [2.05, 4.69) is 13.8 Å². The summed E-state index contributed by atoms with van der Waals surface area (Å²) in [7, 11) is 0. The van der Waals surface area contributed by atoms with Crippen molar-refractivity contribution in [2.24, 2.45) is 0 Å². The van der Waals surface area contributed by atoms with Crippen molar-refractivity contribution in [3.05, 3.63) is 11.6 Å². The molecule has 0 aliphatic carbocycles. The second-order valence-corrected chi connectivity index (χ2v) is 6.15. The fourth-order valence-corrected chi connectivity index (χ4v) is 2.57. The van der Waals surface area contributed by atoms with Gasteiger partial charge in [-0.25, -0.2) is 0 Å². The molecule has 0 fully saturated rings. The topological polar surface area (TPSA) is 37.3 Å². The minimum atomic E-state index is -0.569. The molecule has 0 aromatic carbocycles. The minimum Gasteiger partial charge on any atom is -0.390 e. The van der Waals surface area contributed by atoms with Crippen molar-refractivity contribution in [3.63, 3.8) is 0 Å². The number of Topliss-reactive ketones (excluding diaryl/α,β-unsaturated/α-hetero) is 1. The first-order chi connectivity index (χ1) is 9.47. The summed E-state index contributed by atoms with van der Waals surface area (Å²) in [5.74, 6) is 0.303. The molecule has 0 unspecified atom stereocenters. The molecule has 1 N–H and O–H groups in total. The Morgan fingerprint density at radius 1 is 1.05 bits per heavy atom. The number of hydrogen-bond donors (Lipinski definition) is 1. The van der Waals surface area contributed by atoms with Gasteiger partial charge in [-0.2, -0.15) is 0 Å². The van der Waals surface area contributed by atoms with E-state index in [0.717, 1.165) is 50.5 Å². The van der Waals surface area contributed by atoms with Gasteiger partial charge in [-0.15, -0.1) is 0 Å². The number of aliphatic hydroxyl groups is 1. The predicted molar refractivity (Wildman–Crippen MR) is 86.9 cm³/mol. The van der Waals surface area contributed by atoms with Crippen LogP contribution in [-0.4, -0.2) is 16.5 Å². The summed E-state index contributed by atoms with van der Waals surface area (Å²) < 4.78 is 0. The number of carbonyl (C=O) groups is 1.